The number of pyridine rings is 1. The summed E-state index contributed by atoms with van der Waals surface area (Å²) in [6.45, 7) is 2.92. The number of halogens is 2. The molecule has 3 nitrogen and oxygen atoms in total. The van der Waals surface area contributed by atoms with E-state index in [1.54, 1.807) is 12.4 Å². The summed E-state index contributed by atoms with van der Waals surface area (Å²) in [5, 5.41) is 7.21. The fourth-order valence-corrected chi connectivity index (χ4v) is 2.34. The Bertz CT molecular complexity index is 546. The molecule has 0 spiro atoms. The summed E-state index contributed by atoms with van der Waals surface area (Å²) in [5.41, 5.74) is 2.87. The zero-order valence-electron chi connectivity index (χ0n) is 9.87. The zero-order chi connectivity index (χ0) is 13.0. The Morgan fingerprint density at radius 2 is 2.00 bits per heavy atom. The molecule has 0 saturated carbocycles. The SMILES string of the molecule is CCNc1cncc(Nc2ccc(Cl)cc2Br)c1. The molecule has 2 aromatic rings. The number of benzene rings is 1. The first-order valence-electron chi connectivity index (χ1n) is 5.60. The predicted molar refractivity (Wildman–Crippen MR) is 80.8 cm³/mol. The van der Waals surface area contributed by atoms with E-state index in [0.717, 1.165) is 28.1 Å². The predicted octanol–water partition coefficient (Wildman–Crippen LogP) is 4.67. The van der Waals surface area contributed by atoms with Crippen LogP contribution < -0.4 is 10.6 Å². The molecular formula is C13H13BrClN3. The lowest BCUT2D eigenvalue weighted by Gasteiger charge is -2.10. The molecule has 18 heavy (non-hydrogen) atoms. The van der Waals surface area contributed by atoms with E-state index in [1.807, 2.05) is 24.3 Å². The average Bonchev–Trinajstić information content (AvgIpc) is 2.34. The summed E-state index contributed by atoms with van der Waals surface area (Å²) in [6.07, 6.45) is 3.58. The maximum Gasteiger partial charge on any atom is 0.0591 e. The third kappa shape index (κ3) is 3.37. The van der Waals surface area contributed by atoms with Crippen molar-refractivity contribution in [2.75, 3.05) is 17.2 Å². The van der Waals surface area contributed by atoms with Crippen LogP contribution in [0.3, 0.4) is 0 Å². The lowest BCUT2D eigenvalue weighted by Crippen LogP contribution is -1.98. The Morgan fingerprint density at radius 1 is 1.22 bits per heavy atom. The topological polar surface area (TPSA) is 37.0 Å². The quantitative estimate of drug-likeness (QED) is 0.857. The third-order valence-corrected chi connectivity index (χ3v) is 3.22. The van der Waals surface area contributed by atoms with E-state index >= 15 is 0 Å². The van der Waals surface area contributed by atoms with Gasteiger partial charge in [-0.15, -0.1) is 0 Å². The van der Waals surface area contributed by atoms with E-state index in [9.17, 15) is 0 Å². The third-order valence-electron chi connectivity index (χ3n) is 2.33. The molecule has 2 N–H and O–H groups in total. The molecule has 5 heteroatoms. The van der Waals surface area contributed by atoms with E-state index in [2.05, 4.69) is 38.5 Å². The van der Waals surface area contributed by atoms with E-state index in [4.69, 9.17) is 11.6 Å². The van der Waals surface area contributed by atoms with E-state index < -0.39 is 0 Å². The van der Waals surface area contributed by atoms with Gasteiger partial charge in [-0.3, -0.25) is 4.98 Å². The Morgan fingerprint density at radius 3 is 2.72 bits per heavy atom. The van der Waals surface area contributed by atoms with Crippen LogP contribution >= 0.6 is 27.5 Å². The van der Waals surface area contributed by atoms with Gasteiger partial charge in [0.1, 0.15) is 0 Å². The van der Waals surface area contributed by atoms with Gasteiger partial charge in [0.25, 0.3) is 0 Å². The lowest BCUT2D eigenvalue weighted by molar-refractivity contribution is 1.19. The van der Waals surface area contributed by atoms with Crippen LogP contribution in [-0.2, 0) is 0 Å². The minimum Gasteiger partial charge on any atom is -0.384 e. The molecule has 0 unspecified atom stereocenters. The van der Waals surface area contributed by atoms with Crippen molar-refractivity contribution in [3.63, 3.8) is 0 Å². The van der Waals surface area contributed by atoms with Crippen LogP contribution in [0.15, 0.2) is 41.1 Å². The summed E-state index contributed by atoms with van der Waals surface area (Å²) in [6, 6.07) is 7.63. The van der Waals surface area contributed by atoms with Gasteiger partial charge in [-0.1, -0.05) is 11.6 Å². The second-order valence-electron chi connectivity index (χ2n) is 3.74. The van der Waals surface area contributed by atoms with Gasteiger partial charge < -0.3 is 10.6 Å². The van der Waals surface area contributed by atoms with Gasteiger partial charge in [-0.2, -0.15) is 0 Å². The number of nitrogens with one attached hydrogen (secondary N) is 2. The van der Waals surface area contributed by atoms with Crippen LogP contribution in [0.5, 0.6) is 0 Å². The first-order valence-corrected chi connectivity index (χ1v) is 6.77. The summed E-state index contributed by atoms with van der Waals surface area (Å²) in [5.74, 6) is 0. The van der Waals surface area contributed by atoms with Crippen molar-refractivity contribution < 1.29 is 0 Å². The van der Waals surface area contributed by atoms with Crippen molar-refractivity contribution in [2.24, 2.45) is 0 Å². The second kappa shape index (κ2) is 6.07. The van der Waals surface area contributed by atoms with Gasteiger partial charge in [-0.05, 0) is 47.1 Å². The summed E-state index contributed by atoms with van der Waals surface area (Å²) in [4.78, 5) is 4.18. The number of aromatic nitrogens is 1. The first kappa shape index (κ1) is 13.2. The molecule has 1 aromatic carbocycles. The van der Waals surface area contributed by atoms with Gasteiger partial charge in [-0.25, -0.2) is 0 Å². The van der Waals surface area contributed by atoms with E-state index in [-0.39, 0.29) is 0 Å². The molecule has 1 heterocycles. The van der Waals surface area contributed by atoms with Crippen molar-refractivity contribution in [3.05, 3.63) is 46.2 Å². The van der Waals surface area contributed by atoms with E-state index in [1.165, 1.54) is 0 Å². The molecule has 0 aliphatic carbocycles. The van der Waals surface area contributed by atoms with Crippen LogP contribution in [-0.4, -0.2) is 11.5 Å². The van der Waals surface area contributed by atoms with Crippen molar-refractivity contribution >= 4 is 44.6 Å². The molecule has 0 radical (unpaired) electrons. The van der Waals surface area contributed by atoms with Gasteiger partial charge >= 0.3 is 0 Å². The molecule has 0 amide bonds. The minimum atomic E-state index is 0.701. The smallest absolute Gasteiger partial charge is 0.0591 e. The molecule has 0 aliphatic rings. The number of hydrogen-bond acceptors (Lipinski definition) is 3. The maximum atomic E-state index is 5.91. The van der Waals surface area contributed by atoms with E-state index in [0.29, 0.717) is 5.02 Å². The molecule has 0 bridgehead atoms. The highest BCUT2D eigenvalue weighted by atomic mass is 79.9. The fraction of sp³-hybridized carbons (Fsp3) is 0.154. The van der Waals surface area contributed by atoms with Crippen LogP contribution in [0.25, 0.3) is 0 Å². The van der Waals surface area contributed by atoms with Gasteiger partial charge in [0.2, 0.25) is 0 Å². The standard InChI is InChI=1S/C13H13BrClN3/c1-2-17-10-6-11(8-16-7-10)18-13-4-3-9(15)5-12(13)14/h3-8,17-18H,2H2,1H3. The van der Waals surface area contributed by atoms with Gasteiger partial charge in [0.15, 0.2) is 0 Å². The molecule has 0 fully saturated rings. The normalized spacial score (nSPS) is 10.2. The monoisotopic (exact) mass is 325 g/mol. The highest BCUT2D eigenvalue weighted by molar-refractivity contribution is 9.10. The Kier molecular flexibility index (Phi) is 4.44. The molecule has 2 rings (SSSR count). The maximum absolute atomic E-state index is 5.91. The van der Waals surface area contributed by atoms with Crippen molar-refractivity contribution in [1.29, 1.82) is 0 Å². The summed E-state index contributed by atoms with van der Waals surface area (Å²) < 4.78 is 0.920. The molecular weight excluding hydrogens is 314 g/mol. The highest BCUT2D eigenvalue weighted by Crippen LogP contribution is 2.28. The van der Waals surface area contributed by atoms with Gasteiger partial charge in [0.05, 0.1) is 29.5 Å². The number of anilines is 3. The number of nitrogens with zero attached hydrogens (tertiary/aromatic N) is 1. The van der Waals surface area contributed by atoms with Crippen molar-refractivity contribution in [2.45, 2.75) is 6.92 Å². The minimum absolute atomic E-state index is 0.701. The second-order valence-corrected chi connectivity index (χ2v) is 5.03. The fourth-order valence-electron chi connectivity index (χ4n) is 1.56. The van der Waals surface area contributed by atoms with Gasteiger partial charge in [0, 0.05) is 16.0 Å². The van der Waals surface area contributed by atoms with Crippen LogP contribution in [0, 0.1) is 0 Å². The van der Waals surface area contributed by atoms with Crippen molar-refractivity contribution in [3.8, 4) is 0 Å². The molecule has 1 aromatic heterocycles. The van der Waals surface area contributed by atoms with Crippen LogP contribution in [0.1, 0.15) is 6.92 Å². The Balaban J connectivity index is 2.20. The molecule has 0 saturated heterocycles. The Labute approximate surface area is 120 Å². The number of hydrogen-bond donors (Lipinski definition) is 2. The summed E-state index contributed by atoms with van der Waals surface area (Å²) >= 11 is 9.38. The molecule has 94 valence electrons. The number of rotatable bonds is 4. The Hall–Kier alpha value is -1.26. The van der Waals surface area contributed by atoms with Crippen LogP contribution in [0.4, 0.5) is 17.1 Å². The van der Waals surface area contributed by atoms with Crippen LogP contribution in [0.2, 0.25) is 5.02 Å². The zero-order valence-corrected chi connectivity index (χ0v) is 12.2. The molecule has 0 atom stereocenters. The van der Waals surface area contributed by atoms with Crippen molar-refractivity contribution in [1.82, 2.24) is 4.98 Å². The lowest BCUT2D eigenvalue weighted by atomic mass is 10.3. The first-order chi connectivity index (χ1) is 8.69. The average molecular weight is 327 g/mol. The highest BCUT2D eigenvalue weighted by Gasteiger charge is 2.02. The molecule has 0 aliphatic heterocycles. The summed E-state index contributed by atoms with van der Waals surface area (Å²) in [7, 11) is 0. The largest absolute Gasteiger partial charge is 0.384 e.